The molecule has 26 heavy (non-hydrogen) atoms. The van der Waals surface area contributed by atoms with Crippen LogP contribution in [0.25, 0.3) is 0 Å². The molecule has 0 aliphatic carbocycles. The summed E-state index contributed by atoms with van der Waals surface area (Å²) in [6.45, 7) is 5.49. The molecule has 6 atom stereocenters. The summed E-state index contributed by atoms with van der Waals surface area (Å²) in [5, 5.41) is 21.0. The molecule has 6 nitrogen and oxygen atoms in total. The van der Waals surface area contributed by atoms with Crippen LogP contribution in [-0.2, 0) is 19.1 Å². The number of allylic oxidation sites excluding steroid dienone is 3. The largest absolute Gasteiger partial charge is 0.462 e. The van der Waals surface area contributed by atoms with Gasteiger partial charge in [-0.25, -0.2) is 0 Å². The third kappa shape index (κ3) is 7.02. The number of carbonyl (C=O) groups is 2. The second kappa shape index (κ2) is 11.3. The highest BCUT2D eigenvalue weighted by Crippen LogP contribution is 2.25. The number of aliphatic hydroxyl groups is 2. The van der Waals surface area contributed by atoms with Crippen LogP contribution >= 0.6 is 0 Å². The highest BCUT2D eigenvalue weighted by Gasteiger charge is 2.35. The number of hydrogen-bond donors (Lipinski definition) is 2. The van der Waals surface area contributed by atoms with Gasteiger partial charge < -0.3 is 19.7 Å². The fourth-order valence-corrected chi connectivity index (χ4v) is 3.18. The minimum absolute atomic E-state index is 0.0126. The fraction of sp³-hybridized carbons (Fsp3) is 0.700. The Labute approximate surface area is 155 Å². The smallest absolute Gasteiger partial charge is 0.308 e. The first kappa shape index (κ1) is 22.5. The van der Waals surface area contributed by atoms with E-state index in [2.05, 4.69) is 0 Å². The summed E-state index contributed by atoms with van der Waals surface area (Å²) in [6.07, 6.45) is 4.67. The molecule has 0 bridgehead atoms. The molecule has 0 saturated carbocycles. The second-order valence-electron chi connectivity index (χ2n) is 6.99. The van der Waals surface area contributed by atoms with Gasteiger partial charge in [-0.15, -0.1) is 0 Å². The van der Waals surface area contributed by atoms with Gasteiger partial charge in [0.1, 0.15) is 12.2 Å². The highest BCUT2D eigenvalue weighted by molar-refractivity contribution is 5.91. The number of rotatable bonds is 2. The van der Waals surface area contributed by atoms with Gasteiger partial charge in [-0.05, 0) is 25.3 Å². The van der Waals surface area contributed by atoms with Gasteiger partial charge in [-0.1, -0.05) is 38.5 Å². The molecule has 1 rings (SSSR count). The van der Waals surface area contributed by atoms with E-state index in [9.17, 15) is 19.8 Å². The predicted octanol–water partition coefficient (Wildman–Crippen LogP) is 2.18. The molecule has 0 amide bonds. The molecule has 0 fully saturated rings. The van der Waals surface area contributed by atoms with Crippen LogP contribution in [-0.4, -0.2) is 53.5 Å². The number of methoxy groups -OCH3 is 1. The van der Waals surface area contributed by atoms with E-state index in [1.54, 1.807) is 19.1 Å². The Bertz CT molecular complexity index is 512. The molecule has 1 aliphatic rings. The third-order valence-electron chi connectivity index (χ3n) is 4.82. The van der Waals surface area contributed by atoms with Crippen molar-refractivity contribution < 1.29 is 29.3 Å². The van der Waals surface area contributed by atoms with Crippen molar-refractivity contribution in [2.24, 2.45) is 11.8 Å². The standard InChI is InChI=1S/C20H32O6/c1-5-15-11-13(2)16(21)10-8-6-7-9-14(3)26-18(23)12-17(22)20(25-4)19(15)24/h6-8,10,13-15,17,19-20,22,24H,5,9,11-12H2,1-4H3/b7-6+,10-8+/t13-,14-,15+,17-,19+,20+/m1/s1. The van der Waals surface area contributed by atoms with Gasteiger partial charge in [0.2, 0.25) is 0 Å². The van der Waals surface area contributed by atoms with Crippen LogP contribution in [0.3, 0.4) is 0 Å². The number of hydrogen-bond acceptors (Lipinski definition) is 6. The molecular formula is C20H32O6. The number of carbonyl (C=O) groups excluding carboxylic acids is 2. The average molecular weight is 368 g/mol. The van der Waals surface area contributed by atoms with E-state index >= 15 is 0 Å². The summed E-state index contributed by atoms with van der Waals surface area (Å²) in [7, 11) is 1.39. The number of cyclic esters (lactones) is 1. The van der Waals surface area contributed by atoms with Crippen molar-refractivity contribution in [3.05, 3.63) is 24.3 Å². The topological polar surface area (TPSA) is 93.1 Å². The number of ketones is 1. The van der Waals surface area contributed by atoms with Crippen molar-refractivity contribution in [3.63, 3.8) is 0 Å². The quantitative estimate of drug-likeness (QED) is 0.726. The molecule has 0 saturated heterocycles. The number of ether oxygens (including phenoxy) is 2. The van der Waals surface area contributed by atoms with Crippen molar-refractivity contribution in [1.29, 1.82) is 0 Å². The average Bonchev–Trinajstić information content (AvgIpc) is 2.58. The maximum Gasteiger partial charge on any atom is 0.308 e. The number of aliphatic hydroxyl groups excluding tert-OH is 2. The van der Waals surface area contributed by atoms with Crippen molar-refractivity contribution in [2.75, 3.05) is 7.11 Å². The monoisotopic (exact) mass is 368 g/mol. The van der Waals surface area contributed by atoms with Crippen LogP contribution in [0.5, 0.6) is 0 Å². The minimum Gasteiger partial charge on any atom is -0.462 e. The van der Waals surface area contributed by atoms with Gasteiger partial charge in [0.15, 0.2) is 5.78 Å². The molecule has 6 heteroatoms. The predicted molar refractivity (Wildman–Crippen MR) is 98.4 cm³/mol. The molecule has 0 unspecified atom stereocenters. The highest BCUT2D eigenvalue weighted by atomic mass is 16.5. The lowest BCUT2D eigenvalue weighted by atomic mass is 9.83. The maximum absolute atomic E-state index is 12.2. The van der Waals surface area contributed by atoms with E-state index in [1.165, 1.54) is 13.2 Å². The molecule has 0 aromatic heterocycles. The van der Waals surface area contributed by atoms with Crippen molar-refractivity contribution in [2.45, 2.75) is 70.9 Å². The Morgan fingerprint density at radius 3 is 2.54 bits per heavy atom. The van der Waals surface area contributed by atoms with Gasteiger partial charge in [-0.2, -0.15) is 0 Å². The summed E-state index contributed by atoms with van der Waals surface area (Å²) >= 11 is 0. The molecule has 1 heterocycles. The van der Waals surface area contributed by atoms with Gasteiger partial charge in [0.05, 0.1) is 18.6 Å². The lowest BCUT2D eigenvalue weighted by Crippen LogP contribution is -2.45. The first-order valence-electron chi connectivity index (χ1n) is 9.25. The Morgan fingerprint density at radius 2 is 1.92 bits per heavy atom. The summed E-state index contributed by atoms with van der Waals surface area (Å²) in [4.78, 5) is 24.3. The molecule has 0 radical (unpaired) electrons. The van der Waals surface area contributed by atoms with Gasteiger partial charge in [0, 0.05) is 19.4 Å². The second-order valence-corrected chi connectivity index (χ2v) is 6.99. The van der Waals surface area contributed by atoms with E-state index < -0.39 is 24.3 Å². The van der Waals surface area contributed by atoms with Gasteiger partial charge >= 0.3 is 5.97 Å². The lowest BCUT2D eigenvalue weighted by molar-refractivity contribution is -0.156. The van der Waals surface area contributed by atoms with Crippen LogP contribution in [0.2, 0.25) is 0 Å². The lowest BCUT2D eigenvalue weighted by Gasteiger charge is -2.32. The summed E-state index contributed by atoms with van der Waals surface area (Å²) in [5.41, 5.74) is 0. The molecule has 0 aromatic rings. The third-order valence-corrected chi connectivity index (χ3v) is 4.82. The van der Waals surface area contributed by atoms with Gasteiger partial charge in [-0.3, -0.25) is 9.59 Å². The van der Waals surface area contributed by atoms with Gasteiger partial charge in [0.25, 0.3) is 0 Å². The minimum atomic E-state index is -1.18. The van der Waals surface area contributed by atoms with E-state index in [4.69, 9.17) is 9.47 Å². The number of esters is 1. The summed E-state index contributed by atoms with van der Waals surface area (Å²) < 4.78 is 10.5. The zero-order valence-corrected chi connectivity index (χ0v) is 16.1. The molecule has 0 spiro atoms. The molecule has 1 aliphatic heterocycles. The van der Waals surface area contributed by atoms with E-state index in [1.807, 2.05) is 19.9 Å². The molecule has 148 valence electrons. The van der Waals surface area contributed by atoms with Crippen molar-refractivity contribution >= 4 is 11.8 Å². The van der Waals surface area contributed by atoms with Crippen LogP contribution in [0.1, 0.15) is 46.5 Å². The van der Waals surface area contributed by atoms with Crippen LogP contribution in [0.4, 0.5) is 0 Å². The van der Waals surface area contributed by atoms with E-state index in [0.29, 0.717) is 19.3 Å². The van der Waals surface area contributed by atoms with Crippen LogP contribution in [0, 0.1) is 11.8 Å². The fourth-order valence-electron chi connectivity index (χ4n) is 3.18. The Hall–Kier alpha value is -1.50. The van der Waals surface area contributed by atoms with Crippen molar-refractivity contribution in [3.8, 4) is 0 Å². The van der Waals surface area contributed by atoms with E-state index in [0.717, 1.165) is 0 Å². The Kier molecular flexibility index (Phi) is 9.76. The first-order chi connectivity index (χ1) is 12.3. The zero-order valence-electron chi connectivity index (χ0n) is 16.1. The van der Waals surface area contributed by atoms with Crippen LogP contribution < -0.4 is 0 Å². The molecule has 2 N–H and O–H groups in total. The summed E-state index contributed by atoms with van der Waals surface area (Å²) in [5.74, 6) is -1.04. The Morgan fingerprint density at radius 1 is 1.23 bits per heavy atom. The molecule has 0 aromatic carbocycles. The SMILES string of the molecule is CC[C@H]1C[C@@H](C)C(=O)/C=C/C=C/C[C@@H](C)OC(=O)C[C@@H](O)[C@H](OC)[C@H]1O. The zero-order chi connectivity index (χ0) is 19.7. The maximum atomic E-state index is 12.2. The summed E-state index contributed by atoms with van der Waals surface area (Å²) in [6, 6.07) is 0. The molecular weight excluding hydrogens is 336 g/mol. The van der Waals surface area contributed by atoms with Crippen LogP contribution in [0.15, 0.2) is 24.3 Å². The van der Waals surface area contributed by atoms with Crippen molar-refractivity contribution in [1.82, 2.24) is 0 Å². The Balaban J connectivity index is 3.04. The van der Waals surface area contributed by atoms with E-state index in [-0.39, 0.29) is 30.1 Å². The normalized spacial score (nSPS) is 37.8. The first-order valence-corrected chi connectivity index (χ1v) is 9.25.